The standard InChI is InChI=1S/C23H30N6O/c1-23(2,3)15-29-9-7-16(8-10-29)21(30)27-22-24-12-18-6-5-17(11-20(18)26-22)19-13-25-28(4)14-19/h5-6,11-14,16H,7-10,15H2,1-4H3,(H,24,26,27,30). The van der Waals surface area contributed by atoms with Gasteiger partial charge in [0.25, 0.3) is 0 Å². The van der Waals surface area contributed by atoms with Crippen LogP contribution >= 0.6 is 0 Å². The fourth-order valence-electron chi connectivity index (χ4n) is 4.07. The van der Waals surface area contributed by atoms with Crippen molar-refractivity contribution in [3.8, 4) is 11.1 Å². The molecule has 2 aromatic heterocycles. The third-order valence-electron chi connectivity index (χ3n) is 5.51. The number of fused-ring (bicyclic) bond motifs is 1. The number of amides is 1. The van der Waals surface area contributed by atoms with E-state index in [4.69, 9.17) is 0 Å². The number of aryl methyl sites for hydroxylation is 1. The molecular weight excluding hydrogens is 376 g/mol. The molecule has 3 aromatic rings. The molecule has 0 radical (unpaired) electrons. The zero-order valence-electron chi connectivity index (χ0n) is 18.2. The van der Waals surface area contributed by atoms with Gasteiger partial charge in [0, 0.05) is 42.9 Å². The first-order valence-corrected chi connectivity index (χ1v) is 10.6. The van der Waals surface area contributed by atoms with Crippen molar-refractivity contribution in [2.75, 3.05) is 25.0 Å². The summed E-state index contributed by atoms with van der Waals surface area (Å²) in [5, 5.41) is 8.10. The molecule has 7 heteroatoms. The van der Waals surface area contributed by atoms with Crippen molar-refractivity contribution in [3.63, 3.8) is 0 Å². The summed E-state index contributed by atoms with van der Waals surface area (Å²) in [6.45, 7) is 9.74. The molecule has 0 saturated carbocycles. The highest BCUT2D eigenvalue weighted by molar-refractivity contribution is 5.92. The van der Waals surface area contributed by atoms with Crippen LogP contribution in [0.4, 0.5) is 5.95 Å². The Balaban J connectivity index is 1.43. The van der Waals surface area contributed by atoms with Gasteiger partial charge in [0.05, 0.1) is 11.7 Å². The predicted octanol–water partition coefficient (Wildman–Crippen LogP) is 3.73. The third kappa shape index (κ3) is 4.84. The van der Waals surface area contributed by atoms with Crippen LogP contribution in [0.25, 0.3) is 22.0 Å². The largest absolute Gasteiger partial charge is 0.303 e. The van der Waals surface area contributed by atoms with Crippen LogP contribution in [0, 0.1) is 11.3 Å². The highest BCUT2D eigenvalue weighted by atomic mass is 16.2. The number of nitrogens with zero attached hydrogens (tertiary/aromatic N) is 5. The first-order chi connectivity index (χ1) is 14.3. The minimum Gasteiger partial charge on any atom is -0.303 e. The quantitative estimate of drug-likeness (QED) is 0.715. The monoisotopic (exact) mass is 406 g/mol. The Morgan fingerprint density at radius 1 is 1.17 bits per heavy atom. The van der Waals surface area contributed by atoms with E-state index in [1.54, 1.807) is 10.9 Å². The lowest BCUT2D eigenvalue weighted by Crippen LogP contribution is -2.41. The summed E-state index contributed by atoms with van der Waals surface area (Å²) in [7, 11) is 1.90. The van der Waals surface area contributed by atoms with Gasteiger partial charge in [-0.1, -0.05) is 32.9 Å². The number of carbonyl (C=O) groups excluding carboxylic acids is 1. The molecule has 0 spiro atoms. The number of nitrogens with one attached hydrogen (secondary N) is 1. The lowest BCUT2D eigenvalue weighted by Gasteiger charge is -2.35. The zero-order valence-corrected chi connectivity index (χ0v) is 18.2. The Kier molecular flexibility index (Phi) is 5.56. The van der Waals surface area contributed by atoms with Gasteiger partial charge in [-0.2, -0.15) is 5.10 Å². The highest BCUT2D eigenvalue weighted by Crippen LogP contribution is 2.25. The molecule has 3 heterocycles. The number of hydrogen-bond donors (Lipinski definition) is 1. The van der Waals surface area contributed by atoms with Gasteiger partial charge in [0.15, 0.2) is 0 Å². The van der Waals surface area contributed by atoms with Crippen molar-refractivity contribution in [2.45, 2.75) is 33.6 Å². The Bertz CT molecular complexity index is 1040. The van der Waals surface area contributed by atoms with E-state index in [-0.39, 0.29) is 17.2 Å². The SMILES string of the molecule is Cn1cc(-c2ccc3cnc(NC(=O)C4CCN(CC(C)(C)C)CC4)nc3c2)cn1. The first-order valence-electron chi connectivity index (χ1n) is 10.6. The Morgan fingerprint density at radius 2 is 1.93 bits per heavy atom. The summed E-state index contributed by atoms with van der Waals surface area (Å²) < 4.78 is 1.78. The van der Waals surface area contributed by atoms with Crippen LogP contribution < -0.4 is 5.32 Å². The molecule has 4 rings (SSSR count). The molecular formula is C23H30N6O. The number of anilines is 1. The van der Waals surface area contributed by atoms with Crippen molar-refractivity contribution < 1.29 is 4.79 Å². The van der Waals surface area contributed by atoms with E-state index in [1.807, 2.05) is 37.6 Å². The summed E-state index contributed by atoms with van der Waals surface area (Å²) in [5.41, 5.74) is 3.16. The molecule has 0 bridgehead atoms. The second-order valence-corrected chi connectivity index (χ2v) is 9.47. The van der Waals surface area contributed by atoms with Gasteiger partial charge in [-0.3, -0.25) is 14.8 Å². The smallest absolute Gasteiger partial charge is 0.229 e. The highest BCUT2D eigenvalue weighted by Gasteiger charge is 2.27. The number of piperidine rings is 1. The van der Waals surface area contributed by atoms with Crippen molar-refractivity contribution in [2.24, 2.45) is 18.4 Å². The number of hydrogen-bond acceptors (Lipinski definition) is 5. The normalized spacial score (nSPS) is 16.1. The molecule has 30 heavy (non-hydrogen) atoms. The van der Waals surface area contributed by atoms with E-state index < -0.39 is 0 Å². The van der Waals surface area contributed by atoms with Gasteiger partial charge >= 0.3 is 0 Å². The summed E-state index contributed by atoms with van der Waals surface area (Å²) in [5.74, 6) is 0.406. The summed E-state index contributed by atoms with van der Waals surface area (Å²) in [6, 6.07) is 6.04. The fourth-order valence-corrected chi connectivity index (χ4v) is 4.07. The van der Waals surface area contributed by atoms with Gasteiger partial charge in [-0.15, -0.1) is 0 Å². The molecule has 1 fully saturated rings. The Labute approximate surface area is 177 Å². The van der Waals surface area contributed by atoms with E-state index >= 15 is 0 Å². The van der Waals surface area contributed by atoms with Crippen LogP contribution in [0.3, 0.4) is 0 Å². The van der Waals surface area contributed by atoms with E-state index in [0.717, 1.165) is 54.5 Å². The van der Waals surface area contributed by atoms with Crippen LogP contribution in [0.2, 0.25) is 0 Å². The summed E-state index contributed by atoms with van der Waals surface area (Å²) >= 11 is 0. The zero-order chi connectivity index (χ0) is 21.3. The maximum absolute atomic E-state index is 12.8. The second-order valence-electron chi connectivity index (χ2n) is 9.47. The number of aromatic nitrogens is 4. The van der Waals surface area contributed by atoms with Gasteiger partial charge in [-0.25, -0.2) is 9.97 Å². The lowest BCUT2D eigenvalue weighted by molar-refractivity contribution is -0.121. The van der Waals surface area contributed by atoms with Crippen molar-refractivity contribution in [3.05, 3.63) is 36.8 Å². The number of carbonyl (C=O) groups is 1. The Morgan fingerprint density at radius 3 is 2.60 bits per heavy atom. The second kappa shape index (κ2) is 8.14. The molecule has 0 unspecified atom stereocenters. The predicted molar refractivity (Wildman–Crippen MR) is 119 cm³/mol. The van der Waals surface area contributed by atoms with Gasteiger partial charge in [0.2, 0.25) is 11.9 Å². The summed E-state index contributed by atoms with van der Waals surface area (Å²) in [6.07, 6.45) is 7.31. The van der Waals surface area contributed by atoms with E-state index in [0.29, 0.717) is 5.95 Å². The van der Waals surface area contributed by atoms with E-state index in [1.165, 1.54) is 0 Å². The fraction of sp³-hybridized carbons (Fsp3) is 0.478. The third-order valence-corrected chi connectivity index (χ3v) is 5.51. The minimum absolute atomic E-state index is 0.0160. The van der Waals surface area contributed by atoms with Gasteiger partial charge in [0.1, 0.15) is 0 Å². The molecule has 1 N–H and O–H groups in total. The van der Waals surface area contributed by atoms with Gasteiger partial charge < -0.3 is 4.90 Å². The van der Waals surface area contributed by atoms with E-state index in [9.17, 15) is 4.79 Å². The topological polar surface area (TPSA) is 75.9 Å². The lowest BCUT2D eigenvalue weighted by atomic mass is 9.91. The Hall–Kier alpha value is -2.80. The van der Waals surface area contributed by atoms with Crippen molar-refractivity contribution in [1.82, 2.24) is 24.6 Å². The average molecular weight is 407 g/mol. The minimum atomic E-state index is 0.0160. The number of benzene rings is 1. The molecule has 1 aliphatic rings. The molecule has 0 aliphatic carbocycles. The molecule has 1 saturated heterocycles. The van der Waals surface area contributed by atoms with Crippen LogP contribution in [-0.4, -0.2) is 50.2 Å². The number of rotatable bonds is 4. The molecule has 0 atom stereocenters. The van der Waals surface area contributed by atoms with Gasteiger partial charge in [-0.05, 0) is 43.0 Å². The summed E-state index contributed by atoms with van der Waals surface area (Å²) in [4.78, 5) is 24.1. The van der Waals surface area contributed by atoms with Crippen LogP contribution in [-0.2, 0) is 11.8 Å². The van der Waals surface area contributed by atoms with Crippen LogP contribution in [0.15, 0.2) is 36.8 Å². The molecule has 158 valence electrons. The molecule has 7 nitrogen and oxygen atoms in total. The van der Waals surface area contributed by atoms with Crippen LogP contribution in [0.5, 0.6) is 0 Å². The first kappa shape index (κ1) is 20.5. The van der Waals surface area contributed by atoms with E-state index in [2.05, 4.69) is 46.1 Å². The molecule has 1 aromatic carbocycles. The number of likely N-dealkylation sites (tertiary alicyclic amines) is 1. The average Bonchev–Trinajstić information content (AvgIpc) is 3.13. The maximum Gasteiger partial charge on any atom is 0.229 e. The van der Waals surface area contributed by atoms with Crippen LogP contribution in [0.1, 0.15) is 33.6 Å². The van der Waals surface area contributed by atoms with Crippen molar-refractivity contribution >= 4 is 22.8 Å². The molecule has 1 amide bonds. The maximum atomic E-state index is 12.8. The van der Waals surface area contributed by atoms with Crippen molar-refractivity contribution in [1.29, 1.82) is 0 Å². The molecule has 1 aliphatic heterocycles.